The molecule has 0 bridgehead atoms. The van der Waals surface area contributed by atoms with E-state index in [4.69, 9.17) is 4.74 Å². The van der Waals surface area contributed by atoms with Crippen molar-refractivity contribution in [2.24, 2.45) is 0 Å². The third-order valence-corrected chi connectivity index (χ3v) is 6.57. The topological polar surface area (TPSA) is 140 Å². The van der Waals surface area contributed by atoms with Crippen LogP contribution >= 0.6 is 22.7 Å². The molecule has 2 atom stereocenters. The van der Waals surface area contributed by atoms with Gasteiger partial charge in [0.1, 0.15) is 17.8 Å². The Balaban J connectivity index is 1.59. The molecule has 4 amide bonds. The minimum atomic E-state index is -1.19. The molecule has 0 saturated carbocycles. The molecule has 3 aromatic rings. The molecule has 1 saturated heterocycles. The van der Waals surface area contributed by atoms with Gasteiger partial charge in [0.15, 0.2) is 10.8 Å². The van der Waals surface area contributed by atoms with Gasteiger partial charge in [-0.15, -0.1) is 22.7 Å². The Bertz CT molecular complexity index is 1210. The number of anilines is 1. The van der Waals surface area contributed by atoms with Crippen LogP contribution in [0.25, 0.3) is 0 Å². The Kier molecular flexibility index (Phi) is 6.84. The smallest absolute Gasteiger partial charge is 0.357 e. The maximum Gasteiger partial charge on any atom is 0.357 e. The van der Waals surface area contributed by atoms with Crippen molar-refractivity contribution in [3.8, 4) is 5.75 Å². The number of imide groups is 1. The minimum absolute atomic E-state index is 0.0211. The number of ether oxygens (including phenoxy) is 2. The Morgan fingerprint density at radius 2 is 1.97 bits per heavy atom. The second-order valence-corrected chi connectivity index (χ2v) is 8.87. The molecule has 34 heavy (non-hydrogen) atoms. The van der Waals surface area contributed by atoms with Crippen LogP contribution in [0.15, 0.2) is 41.2 Å². The standard InChI is InChI=1S/C21H19N5O6S2/c1-31-12-5-3-11(4-6-12)16-18(28)26(21(30)24-16)14(9-15-22-7-8-33-15)17(27)25-20-23-13(10-34-20)19(29)32-2/h3-8,10,14,16H,9H2,1-2H3,(H,24,30)(H,23,25,27)/t14?,16-/m1/s1. The molecule has 176 valence electrons. The molecular weight excluding hydrogens is 482 g/mol. The van der Waals surface area contributed by atoms with Crippen molar-refractivity contribution in [2.45, 2.75) is 18.5 Å². The number of carbonyl (C=O) groups is 4. The molecule has 0 aliphatic carbocycles. The summed E-state index contributed by atoms with van der Waals surface area (Å²) in [5, 5.41) is 9.10. The van der Waals surface area contributed by atoms with Crippen LogP contribution in [0.3, 0.4) is 0 Å². The van der Waals surface area contributed by atoms with Crippen LogP contribution in [-0.2, 0) is 20.7 Å². The number of urea groups is 1. The van der Waals surface area contributed by atoms with Gasteiger partial charge < -0.3 is 20.1 Å². The van der Waals surface area contributed by atoms with Crippen molar-refractivity contribution in [1.29, 1.82) is 0 Å². The van der Waals surface area contributed by atoms with Gasteiger partial charge in [-0.2, -0.15) is 0 Å². The highest BCUT2D eigenvalue weighted by atomic mass is 32.1. The van der Waals surface area contributed by atoms with E-state index < -0.39 is 35.9 Å². The van der Waals surface area contributed by atoms with Crippen molar-refractivity contribution in [1.82, 2.24) is 20.2 Å². The third-order valence-electron chi connectivity index (χ3n) is 5.01. The number of benzene rings is 1. The number of nitrogens with zero attached hydrogens (tertiary/aromatic N) is 3. The summed E-state index contributed by atoms with van der Waals surface area (Å²) < 4.78 is 9.76. The van der Waals surface area contributed by atoms with Crippen LogP contribution in [0, 0.1) is 0 Å². The maximum atomic E-state index is 13.3. The van der Waals surface area contributed by atoms with Gasteiger partial charge in [0.25, 0.3) is 5.91 Å². The normalized spacial score (nSPS) is 16.2. The lowest BCUT2D eigenvalue weighted by Crippen LogP contribution is -2.49. The number of hydrogen-bond acceptors (Lipinski definition) is 10. The van der Waals surface area contributed by atoms with Crippen LogP contribution in [-0.4, -0.2) is 58.9 Å². The molecule has 0 spiro atoms. The van der Waals surface area contributed by atoms with Gasteiger partial charge >= 0.3 is 12.0 Å². The SMILES string of the molecule is COC(=O)c1csc(NC(=O)C(Cc2nccs2)N2C(=O)N[C@H](c3ccc(OC)cc3)C2=O)n1. The van der Waals surface area contributed by atoms with E-state index >= 15 is 0 Å². The van der Waals surface area contributed by atoms with E-state index in [1.54, 1.807) is 35.8 Å². The van der Waals surface area contributed by atoms with Gasteiger partial charge in [0, 0.05) is 23.4 Å². The molecule has 1 aromatic carbocycles. The Labute approximate surface area is 201 Å². The van der Waals surface area contributed by atoms with E-state index in [-0.39, 0.29) is 17.2 Å². The highest BCUT2D eigenvalue weighted by Crippen LogP contribution is 2.27. The zero-order valence-corrected chi connectivity index (χ0v) is 19.6. The Morgan fingerprint density at radius 1 is 1.21 bits per heavy atom. The van der Waals surface area contributed by atoms with Crippen LogP contribution in [0.2, 0.25) is 0 Å². The molecule has 4 rings (SSSR count). The number of amides is 4. The number of rotatable bonds is 8. The van der Waals surface area contributed by atoms with E-state index in [1.807, 2.05) is 0 Å². The van der Waals surface area contributed by atoms with E-state index in [0.29, 0.717) is 16.3 Å². The molecule has 2 aromatic heterocycles. The molecule has 2 N–H and O–H groups in total. The zero-order chi connectivity index (χ0) is 24.2. The molecule has 1 fully saturated rings. The van der Waals surface area contributed by atoms with Crippen molar-refractivity contribution in [3.63, 3.8) is 0 Å². The molecule has 11 nitrogen and oxygen atoms in total. The summed E-state index contributed by atoms with van der Waals surface area (Å²) in [6.45, 7) is 0. The van der Waals surface area contributed by atoms with E-state index in [1.165, 1.54) is 30.9 Å². The monoisotopic (exact) mass is 501 g/mol. The Morgan fingerprint density at radius 3 is 2.62 bits per heavy atom. The number of aromatic nitrogens is 2. The lowest BCUT2D eigenvalue weighted by Gasteiger charge is -2.23. The van der Waals surface area contributed by atoms with E-state index in [2.05, 4.69) is 25.3 Å². The summed E-state index contributed by atoms with van der Waals surface area (Å²) in [6, 6.07) is 3.87. The first-order chi connectivity index (χ1) is 16.4. The van der Waals surface area contributed by atoms with Crippen LogP contribution in [0.1, 0.15) is 27.1 Å². The van der Waals surface area contributed by atoms with Crippen molar-refractivity contribution < 1.29 is 28.7 Å². The lowest BCUT2D eigenvalue weighted by molar-refractivity contribution is -0.134. The van der Waals surface area contributed by atoms with E-state index in [9.17, 15) is 19.2 Å². The molecule has 1 aliphatic heterocycles. The number of carbonyl (C=O) groups excluding carboxylic acids is 4. The van der Waals surface area contributed by atoms with Gasteiger partial charge in [-0.3, -0.25) is 9.59 Å². The predicted octanol–water partition coefficient (Wildman–Crippen LogP) is 2.24. The number of esters is 1. The summed E-state index contributed by atoms with van der Waals surface area (Å²) in [5.41, 5.74) is 0.589. The third kappa shape index (κ3) is 4.75. The first-order valence-corrected chi connectivity index (χ1v) is 11.7. The number of hydrogen-bond donors (Lipinski definition) is 2. The summed E-state index contributed by atoms with van der Waals surface area (Å²) in [7, 11) is 2.75. The maximum absolute atomic E-state index is 13.3. The second-order valence-electron chi connectivity index (χ2n) is 7.03. The fourth-order valence-corrected chi connectivity index (χ4v) is 4.69. The van der Waals surface area contributed by atoms with Crippen molar-refractivity contribution in [3.05, 3.63) is 57.5 Å². The highest BCUT2D eigenvalue weighted by Gasteiger charge is 2.45. The summed E-state index contributed by atoms with van der Waals surface area (Å²) in [4.78, 5) is 60.1. The first kappa shape index (κ1) is 23.3. The number of nitrogens with one attached hydrogen (secondary N) is 2. The van der Waals surface area contributed by atoms with Gasteiger partial charge in [0.05, 0.1) is 19.2 Å². The predicted molar refractivity (Wildman–Crippen MR) is 123 cm³/mol. The van der Waals surface area contributed by atoms with Gasteiger partial charge in [-0.1, -0.05) is 12.1 Å². The molecule has 0 radical (unpaired) electrons. The second kappa shape index (κ2) is 9.97. The van der Waals surface area contributed by atoms with Gasteiger partial charge in [0.2, 0.25) is 5.91 Å². The first-order valence-electron chi connectivity index (χ1n) is 9.92. The van der Waals surface area contributed by atoms with Gasteiger partial charge in [-0.05, 0) is 17.7 Å². The lowest BCUT2D eigenvalue weighted by atomic mass is 10.1. The Hall–Kier alpha value is -3.84. The summed E-state index contributed by atoms with van der Waals surface area (Å²) in [5.74, 6) is -1.25. The van der Waals surface area contributed by atoms with Crippen molar-refractivity contribution in [2.75, 3.05) is 19.5 Å². The quantitative estimate of drug-likeness (QED) is 0.354. The summed E-state index contributed by atoms with van der Waals surface area (Å²) >= 11 is 2.32. The van der Waals surface area contributed by atoms with Crippen molar-refractivity contribution >= 4 is 51.6 Å². The minimum Gasteiger partial charge on any atom is -0.497 e. The molecule has 3 heterocycles. The van der Waals surface area contributed by atoms with Crippen LogP contribution in [0.5, 0.6) is 5.75 Å². The molecular formula is C21H19N5O6S2. The largest absolute Gasteiger partial charge is 0.497 e. The highest BCUT2D eigenvalue weighted by molar-refractivity contribution is 7.14. The summed E-state index contributed by atoms with van der Waals surface area (Å²) in [6.07, 6.45) is 1.59. The van der Waals surface area contributed by atoms with Crippen LogP contribution < -0.4 is 15.4 Å². The van der Waals surface area contributed by atoms with Gasteiger partial charge in [-0.25, -0.2) is 24.5 Å². The molecule has 1 aliphatic rings. The average Bonchev–Trinajstić information content (AvgIpc) is 3.59. The fourth-order valence-electron chi connectivity index (χ4n) is 3.35. The molecule has 13 heteroatoms. The fraction of sp³-hybridized carbons (Fsp3) is 0.238. The zero-order valence-electron chi connectivity index (χ0n) is 18.0. The molecule has 1 unspecified atom stereocenters. The number of thiazole rings is 2. The van der Waals surface area contributed by atoms with E-state index in [0.717, 1.165) is 16.2 Å². The number of methoxy groups -OCH3 is 2. The average molecular weight is 502 g/mol. The van der Waals surface area contributed by atoms with Crippen LogP contribution in [0.4, 0.5) is 9.93 Å².